The van der Waals surface area contributed by atoms with Gasteiger partial charge in [-0.15, -0.1) is 0 Å². The van der Waals surface area contributed by atoms with Gasteiger partial charge in [-0.1, -0.05) is 37.3 Å². The summed E-state index contributed by atoms with van der Waals surface area (Å²) in [5, 5.41) is 0. The molecule has 1 atom stereocenters. The van der Waals surface area contributed by atoms with E-state index in [0.717, 1.165) is 18.5 Å². The number of hydrogen-bond acceptors (Lipinski definition) is 2. The van der Waals surface area contributed by atoms with Crippen LogP contribution in [0.2, 0.25) is 0 Å². The first-order valence-corrected chi connectivity index (χ1v) is 6.47. The molecule has 0 saturated carbocycles. The summed E-state index contributed by atoms with van der Waals surface area (Å²) in [6, 6.07) is 13.8. The van der Waals surface area contributed by atoms with Crippen LogP contribution in [0.25, 0.3) is 0 Å². The lowest BCUT2D eigenvalue weighted by atomic mass is 9.94. The van der Waals surface area contributed by atoms with Gasteiger partial charge in [0.1, 0.15) is 0 Å². The molecule has 3 heteroatoms. The van der Waals surface area contributed by atoms with E-state index in [1.165, 1.54) is 5.56 Å². The first-order chi connectivity index (χ1) is 9.18. The molecule has 19 heavy (non-hydrogen) atoms. The van der Waals surface area contributed by atoms with E-state index in [1.54, 1.807) is 18.3 Å². The second-order valence-electron chi connectivity index (χ2n) is 4.71. The zero-order valence-electron chi connectivity index (χ0n) is 11.0. The molecule has 3 nitrogen and oxygen atoms in total. The lowest BCUT2D eigenvalue weighted by molar-refractivity contribution is 0.0999. The van der Waals surface area contributed by atoms with Gasteiger partial charge in [0.05, 0.1) is 11.3 Å². The molecule has 2 aromatic rings. The van der Waals surface area contributed by atoms with E-state index in [0.29, 0.717) is 11.5 Å². The highest BCUT2D eigenvalue weighted by molar-refractivity contribution is 5.93. The van der Waals surface area contributed by atoms with Crippen molar-refractivity contribution in [3.8, 4) is 0 Å². The van der Waals surface area contributed by atoms with Crippen molar-refractivity contribution in [3.05, 3.63) is 65.5 Å². The summed E-state index contributed by atoms with van der Waals surface area (Å²) >= 11 is 0. The summed E-state index contributed by atoms with van der Waals surface area (Å²) in [5.74, 6) is 0.0272. The molecule has 0 aliphatic heterocycles. The Labute approximate surface area is 113 Å². The molecule has 0 spiro atoms. The van der Waals surface area contributed by atoms with Gasteiger partial charge in [0, 0.05) is 6.20 Å². The van der Waals surface area contributed by atoms with Crippen molar-refractivity contribution < 1.29 is 4.79 Å². The number of rotatable bonds is 5. The monoisotopic (exact) mass is 254 g/mol. The number of nitrogens with two attached hydrogens (primary N) is 1. The van der Waals surface area contributed by atoms with Gasteiger partial charge in [-0.2, -0.15) is 0 Å². The molecule has 2 N–H and O–H groups in total. The van der Waals surface area contributed by atoms with Crippen LogP contribution in [0.5, 0.6) is 0 Å². The largest absolute Gasteiger partial charge is 0.366 e. The van der Waals surface area contributed by atoms with Gasteiger partial charge in [0.25, 0.3) is 5.91 Å². The molecular weight excluding hydrogens is 236 g/mol. The van der Waals surface area contributed by atoms with Crippen molar-refractivity contribution in [1.82, 2.24) is 4.98 Å². The summed E-state index contributed by atoms with van der Waals surface area (Å²) in [6.45, 7) is 2.18. The van der Waals surface area contributed by atoms with Crippen molar-refractivity contribution >= 4 is 5.91 Å². The molecule has 0 aliphatic carbocycles. The molecular formula is C16H18N2O. The molecule has 1 aromatic carbocycles. The lowest BCUT2D eigenvalue weighted by Crippen LogP contribution is -2.15. The van der Waals surface area contributed by atoms with Crippen LogP contribution in [0.3, 0.4) is 0 Å². The van der Waals surface area contributed by atoms with E-state index in [2.05, 4.69) is 24.0 Å². The Morgan fingerprint density at radius 1 is 1.21 bits per heavy atom. The fourth-order valence-corrected chi connectivity index (χ4v) is 2.16. The number of benzene rings is 1. The van der Waals surface area contributed by atoms with Gasteiger partial charge in [0.15, 0.2) is 0 Å². The Morgan fingerprint density at radius 3 is 2.63 bits per heavy atom. The summed E-state index contributed by atoms with van der Waals surface area (Å²) in [5.41, 5.74) is 7.98. The van der Waals surface area contributed by atoms with Crippen LogP contribution in [0, 0.1) is 0 Å². The zero-order chi connectivity index (χ0) is 13.7. The van der Waals surface area contributed by atoms with Crippen molar-refractivity contribution in [2.45, 2.75) is 25.7 Å². The number of nitrogens with zero attached hydrogens (tertiary/aromatic N) is 1. The number of primary amides is 1. The number of carbonyl (C=O) groups is 1. The minimum absolute atomic E-state index is 0.407. The molecule has 0 aliphatic rings. The molecule has 1 unspecified atom stereocenters. The molecule has 0 bridgehead atoms. The van der Waals surface area contributed by atoms with Gasteiger partial charge in [-0.25, -0.2) is 0 Å². The predicted molar refractivity (Wildman–Crippen MR) is 75.9 cm³/mol. The standard InChI is InChI=1S/C16H18N2O/c1-12(13-6-3-2-4-7-13)9-10-15-14(16(17)19)8-5-11-18-15/h2-8,11-12H,9-10H2,1H3,(H2,17,19). The summed E-state index contributed by atoms with van der Waals surface area (Å²) < 4.78 is 0. The molecule has 0 radical (unpaired) electrons. The third kappa shape index (κ3) is 3.41. The van der Waals surface area contributed by atoms with E-state index in [1.807, 2.05) is 18.2 Å². The average molecular weight is 254 g/mol. The minimum Gasteiger partial charge on any atom is -0.366 e. The van der Waals surface area contributed by atoms with E-state index >= 15 is 0 Å². The van der Waals surface area contributed by atoms with Gasteiger partial charge < -0.3 is 5.73 Å². The van der Waals surface area contributed by atoms with Crippen molar-refractivity contribution in [2.24, 2.45) is 5.73 Å². The number of pyridine rings is 1. The molecule has 0 fully saturated rings. The van der Waals surface area contributed by atoms with E-state index in [-0.39, 0.29) is 0 Å². The first kappa shape index (κ1) is 13.3. The third-order valence-corrected chi connectivity index (χ3v) is 3.34. The molecule has 0 saturated heterocycles. The Kier molecular flexibility index (Phi) is 4.29. The Balaban J connectivity index is 2.05. The summed E-state index contributed by atoms with van der Waals surface area (Å²) in [6.07, 6.45) is 3.41. The van der Waals surface area contributed by atoms with Crippen LogP contribution in [0.4, 0.5) is 0 Å². The van der Waals surface area contributed by atoms with Crippen LogP contribution < -0.4 is 5.73 Å². The van der Waals surface area contributed by atoms with Crippen LogP contribution in [0.1, 0.15) is 40.9 Å². The smallest absolute Gasteiger partial charge is 0.250 e. The van der Waals surface area contributed by atoms with Crippen LogP contribution in [-0.2, 0) is 6.42 Å². The Hall–Kier alpha value is -2.16. The van der Waals surface area contributed by atoms with E-state index < -0.39 is 5.91 Å². The van der Waals surface area contributed by atoms with Gasteiger partial charge in [-0.05, 0) is 36.5 Å². The van der Waals surface area contributed by atoms with Crippen LogP contribution in [-0.4, -0.2) is 10.9 Å². The third-order valence-electron chi connectivity index (χ3n) is 3.34. The zero-order valence-corrected chi connectivity index (χ0v) is 11.0. The highest BCUT2D eigenvalue weighted by Gasteiger charge is 2.11. The average Bonchev–Trinajstić information content (AvgIpc) is 2.46. The molecule has 98 valence electrons. The van der Waals surface area contributed by atoms with Gasteiger partial charge in [0.2, 0.25) is 0 Å². The summed E-state index contributed by atoms with van der Waals surface area (Å²) in [7, 11) is 0. The Bertz CT molecular complexity index is 552. The number of amides is 1. The molecule has 1 heterocycles. The fourth-order valence-electron chi connectivity index (χ4n) is 2.16. The lowest BCUT2D eigenvalue weighted by Gasteiger charge is -2.12. The number of aromatic nitrogens is 1. The number of hydrogen-bond donors (Lipinski definition) is 1. The van der Waals surface area contributed by atoms with Crippen LogP contribution in [0.15, 0.2) is 48.7 Å². The van der Waals surface area contributed by atoms with E-state index in [9.17, 15) is 4.79 Å². The molecule has 1 aromatic heterocycles. The maximum Gasteiger partial charge on any atom is 0.250 e. The molecule has 1 amide bonds. The van der Waals surface area contributed by atoms with Crippen molar-refractivity contribution in [1.29, 1.82) is 0 Å². The van der Waals surface area contributed by atoms with E-state index in [4.69, 9.17) is 5.73 Å². The van der Waals surface area contributed by atoms with Crippen LogP contribution >= 0.6 is 0 Å². The summed E-state index contributed by atoms with van der Waals surface area (Å²) in [4.78, 5) is 15.6. The second kappa shape index (κ2) is 6.14. The normalized spacial score (nSPS) is 12.1. The topological polar surface area (TPSA) is 56.0 Å². The SMILES string of the molecule is CC(CCc1ncccc1C(N)=O)c1ccccc1. The maximum atomic E-state index is 11.3. The number of aryl methyl sites for hydroxylation is 1. The minimum atomic E-state index is -0.407. The maximum absolute atomic E-state index is 11.3. The number of carbonyl (C=O) groups excluding carboxylic acids is 1. The Morgan fingerprint density at radius 2 is 1.95 bits per heavy atom. The predicted octanol–water partition coefficient (Wildman–Crippen LogP) is 2.92. The van der Waals surface area contributed by atoms with Crippen molar-refractivity contribution in [2.75, 3.05) is 0 Å². The quantitative estimate of drug-likeness (QED) is 0.892. The van der Waals surface area contributed by atoms with Gasteiger partial charge >= 0.3 is 0 Å². The highest BCUT2D eigenvalue weighted by Crippen LogP contribution is 2.21. The van der Waals surface area contributed by atoms with Crippen molar-refractivity contribution in [3.63, 3.8) is 0 Å². The van der Waals surface area contributed by atoms with Gasteiger partial charge in [-0.3, -0.25) is 9.78 Å². The molecule has 2 rings (SSSR count). The fraction of sp³-hybridized carbons (Fsp3) is 0.250. The first-order valence-electron chi connectivity index (χ1n) is 6.47. The highest BCUT2D eigenvalue weighted by atomic mass is 16.1. The second-order valence-corrected chi connectivity index (χ2v) is 4.71.